The summed E-state index contributed by atoms with van der Waals surface area (Å²) in [4.78, 5) is 15.9. The SMILES string of the molecule is Cc1cccc2nc(C[S@@](=O)[C@@H](C)C(=O)NCC(F)(F)F)cn12. The topological polar surface area (TPSA) is 63.5 Å². The summed E-state index contributed by atoms with van der Waals surface area (Å²) >= 11 is 0. The molecule has 0 aromatic carbocycles. The molecule has 2 aromatic rings. The molecule has 0 unspecified atom stereocenters. The van der Waals surface area contributed by atoms with Crippen molar-refractivity contribution in [3.8, 4) is 0 Å². The van der Waals surface area contributed by atoms with E-state index in [2.05, 4.69) is 4.98 Å². The molecule has 0 aliphatic rings. The number of nitrogens with one attached hydrogen (secondary N) is 1. The first kappa shape index (κ1) is 17.5. The molecule has 0 aliphatic heterocycles. The van der Waals surface area contributed by atoms with Crippen molar-refractivity contribution in [2.24, 2.45) is 0 Å². The number of carbonyl (C=O) groups excluding carboxylic acids is 1. The van der Waals surface area contributed by atoms with E-state index >= 15 is 0 Å². The number of rotatable bonds is 5. The number of fused-ring (bicyclic) bond motifs is 1. The second-order valence-electron chi connectivity index (χ2n) is 5.13. The monoisotopic (exact) mass is 347 g/mol. The molecule has 0 saturated heterocycles. The van der Waals surface area contributed by atoms with Gasteiger partial charge >= 0.3 is 6.18 Å². The maximum Gasteiger partial charge on any atom is 0.405 e. The maximum absolute atomic E-state index is 12.2. The third-order valence-electron chi connectivity index (χ3n) is 3.26. The number of pyridine rings is 1. The van der Waals surface area contributed by atoms with E-state index in [1.807, 2.05) is 23.5 Å². The van der Waals surface area contributed by atoms with Crippen LogP contribution in [0.1, 0.15) is 18.3 Å². The molecule has 2 rings (SSSR count). The number of hydrogen-bond donors (Lipinski definition) is 1. The van der Waals surface area contributed by atoms with Crippen molar-refractivity contribution < 1.29 is 22.2 Å². The van der Waals surface area contributed by atoms with Crippen LogP contribution < -0.4 is 5.32 Å². The number of halogens is 3. The summed E-state index contributed by atoms with van der Waals surface area (Å²) in [5, 5.41) is 0.690. The van der Waals surface area contributed by atoms with E-state index in [9.17, 15) is 22.2 Å². The molecule has 0 radical (unpaired) electrons. The second-order valence-corrected chi connectivity index (χ2v) is 6.89. The van der Waals surface area contributed by atoms with E-state index in [0.29, 0.717) is 11.3 Å². The van der Waals surface area contributed by atoms with Gasteiger partial charge in [0.2, 0.25) is 5.91 Å². The summed E-state index contributed by atoms with van der Waals surface area (Å²) in [6, 6.07) is 5.52. The van der Waals surface area contributed by atoms with Crippen LogP contribution in [0.3, 0.4) is 0 Å². The normalized spacial score (nSPS) is 14.7. The van der Waals surface area contributed by atoms with Crippen molar-refractivity contribution >= 4 is 22.4 Å². The van der Waals surface area contributed by atoms with Gasteiger partial charge in [-0.3, -0.25) is 9.00 Å². The fourth-order valence-electron chi connectivity index (χ4n) is 1.99. The van der Waals surface area contributed by atoms with Crippen molar-refractivity contribution in [3.05, 3.63) is 35.8 Å². The van der Waals surface area contributed by atoms with Gasteiger partial charge in [0.1, 0.15) is 17.4 Å². The average molecular weight is 347 g/mol. The molecule has 5 nitrogen and oxygen atoms in total. The average Bonchev–Trinajstić information content (AvgIpc) is 2.87. The van der Waals surface area contributed by atoms with Crippen molar-refractivity contribution in [1.82, 2.24) is 14.7 Å². The number of nitrogens with zero attached hydrogens (tertiary/aromatic N) is 2. The predicted molar refractivity (Wildman–Crippen MR) is 80.3 cm³/mol. The standard InChI is InChI=1S/C14H16F3N3O2S/c1-9-4-3-5-12-19-11(6-20(9)12)7-23(22)10(2)13(21)18-8-14(15,16)17/h3-6,10H,7-8H2,1-2H3,(H,18,21)/t10-,23+/m0/s1. The molecule has 1 amide bonds. The fourth-order valence-corrected chi connectivity index (χ4v) is 2.99. The Balaban J connectivity index is 2.02. The Morgan fingerprint density at radius 3 is 2.74 bits per heavy atom. The van der Waals surface area contributed by atoms with Crippen molar-refractivity contribution in [3.63, 3.8) is 0 Å². The van der Waals surface area contributed by atoms with Gasteiger partial charge in [-0.2, -0.15) is 13.2 Å². The molecule has 2 aromatic heterocycles. The van der Waals surface area contributed by atoms with Gasteiger partial charge in [0.05, 0.1) is 11.4 Å². The summed E-state index contributed by atoms with van der Waals surface area (Å²) in [7, 11) is -1.66. The minimum atomic E-state index is -4.49. The number of amides is 1. The highest BCUT2D eigenvalue weighted by molar-refractivity contribution is 7.85. The third kappa shape index (κ3) is 4.54. The summed E-state index contributed by atoms with van der Waals surface area (Å²) in [6.07, 6.45) is -2.78. The molecule has 9 heteroatoms. The van der Waals surface area contributed by atoms with Gasteiger partial charge in [0.15, 0.2) is 0 Å². The summed E-state index contributed by atoms with van der Waals surface area (Å²) in [6.45, 7) is 1.80. The van der Waals surface area contributed by atoms with Crippen LogP contribution in [0.25, 0.3) is 5.65 Å². The molecule has 2 heterocycles. The molecule has 0 spiro atoms. The van der Waals surface area contributed by atoms with E-state index in [1.54, 1.807) is 17.6 Å². The largest absolute Gasteiger partial charge is 0.405 e. The number of aromatic nitrogens is 2. The van der Waals surface area contributed by atoms with Crippen LogP contribution in [-0.4, -0.2) is 37.5 Å². The number of alkyl halides is 3. The lowest BCUT2D eigenvalue weighted by Crippen LogP contribution is -2.40. The quantitative estimate of drug-likeness (QED) is 0.899. The minimum Gasteiger partial charge on any atom is -0.346 e. The fraction of sp³-hybridized carbons (Fsp3) is 0.429. The minimum absolute atomic E-state index is 0.00171. The Morgan fingerprint density at radius 1 is 1.43 bits per heavy atom. The molecule has 2 atom stereocenters. The highest BCUT2D eigenvalue weighted by atomic mass is 32.2. The molecule has 0 aliphatic carbocycles. The van der Waals surface area contributed by atoms with Crippen molar-refractivity contribution in [1.29, 1.82) is 0 Å². The van der Waals surface area contributed by atoms with Crippen LogP contribution in [0.15, 0.2) is 24.4 Å². The van der Waals surface area contributed by atoms with E-state index < -0.39 is 34.7 Å². The predicted octanol–water partition coefficient (Wildman–Crippen LogP) is 1.96. The molecule has 1 N–H and O–H groups in total. The van der Waals surface area contributed by atoms with Gasteiger partial charge in [-0.25, -0.2) is 4.98 Å². The zero-order chi connectivity index (χ0) is 17.2. The Hall–Kier alpha value is -1.90. The zero-order valence-electron chi connectivity index (χ0n) is 12.6. The lowest BCUT2D eigenvalue weighted by Gasteiger charge is -2.12. The highest BCUT2D eigenvalue weighted by Crippen LogP contribution is 2.14. The Labute approximate surface area is 133 Å². The van der Waals surface area contributed by atoms with Crippen LogP contribution >= 0.6 is 0 Å². The van der Waals surface area contributed by atoms with E-state index in [-0.39, 0.29) is 5.75 Å². The number of aryl methyl sites for hydroxylation is 1. The Morgan fingerprint density at radius 2 is 2.13 bits per heavy atom. The van der Waals surface area contributed by atoms with Crippen LogP contribution in [0, 0.1) is 6.92 Å². The molecule has 0 bridgehead atoms. The van der Waals surface area contributed by atoms with E-state index in [0.717, 1.165) is 5.69 Å². The van der Waals surface area contributed by atoms with Gasteiger partial charge in [0, 0.05) is 22.7 Å². The second kappa shape index (κ2) is 6.69. The summed E-state index contributed by atoms with van der Waals surface area (Å²) in [5.74, 6) is -0.887. The maximum atomic E-state index is 12.2. The highest BCUT2D eigenvalue weighted by Gasteiger charge is 2.30. The lowest BCUT2D eigenvalue weighted by atomic mass is 10.4. The van der Waals surface area contributed by atoms with Crippen LogP contribution in [0.5, 0.6) is 0 Å². The van der Waals surface area contributed by atoms with Gasteiger partial charge in [-0.1, -0.05) is 6.07 Å². The molecular formula is C14H16F3N3O2S. The Bertz CT molecular complexity index is 742. The number of imidazole rings is 1. The summed E-state index contributed by atoms with van der Waals surface area (Å²) < 4.78 is 50.2. The number of carbonyl (C=O) groups is 1. The van der Waals surface area contributed by atoms with Gasteiger partial charge in [-0.05, 0) is 26.0 Å². The van der Waals surface area contributed by atoms with E-state index in [1.165, 1.54) is 6.92 Å². The molecule has 0 saturated carbocycles. The van der Waals surface area contributed by atoms with Gasteiger partial charge in [0.25, 0.3) is 0 Å². The first-order valence-electron chi connectivity index (χ1n) is 6.82. The zero-order valence-corrected chi connectivity index (χ0v) is 13.4. The smallest absolute Gasteiger partial charge is 0.346 e. The molecule has 0 fully saturated rings. The molecule has 23 heavy (non-hydrogen) atoms. The van der Waals surface area contributed by atoms with Crippen molar-refractivity contribution in [2.45, 2.75) is 31.0 Å². The number of hydrogen-bond acceptors (Lipinski definition) is 3. The van der Waals surface area contributed by atoms with Crippen LogP contribution in [-0.2, 0) is 21.3 Å². The van der Waals surface area contributed by atoms with Gasteiger partial charge in [-0.15, -0.1) is 0 Å². The van der Waals surface area contributed by atoms with E-state index in [4.69, 9.17) is 0 Å². The van der Waals surface area contributed by atoms with Crippen LogP contribution in [0.4, 0.5) is 13.2 Å². The summed E-state index contributed by atoms with van der Waals surface area (Å²) in [5.41, 5.74) is 2.15. The van der Waals surface area contributed by atoms with Crippen molar-refractivity contribution in [2.75, 3.05) is 6.54 Å². The molecular weight excluding hydrogens is 331 g/mol. The first-order valence-corrected chi connectivity index (χ1v) is 8.21. The van der Waals surface area contributed by atoms with Gasteiger partial charge < -0.3 is 9.72 Å². The third-order valence-corrected chi connectivity index (χ3v) is 4.85. The van der Waals surface area contributed by atoms with Crippen LogP contribution in [0.2, 0.25) is 0 Å². The molecule has 126 valence electrons. The Kier molecular flexibility index (Phi) is 5.08. The lowest BCUT2D eigenvalue weighted by molar-refractivity contribution is -0.137. The first-order chi connectivity index (χ1) is 10.7.